The van der Waals surface area contributed by atoms with Crippen LogP contribution >= 0.6 is 0 Å². The van der Waals surface area contributed by atoms with E-state index in [0.717, 1.165) is 5.56 Å². The van der Waals surface area contributed by atoms with Crippen LogP contribution in [-0.4, -0.2) is 50.2 Å². The Morgan fingerprint density at radius 3 is 2.46 bits per heavy atom. The highest BCUT2D eigenvalue weighted by molar-refractivity contribution is 7.89. The van der Waals surface area contributed by atoms with E-state index in [2.05, 4.69) is 0 Å². The SMILES string of the molecule is CO[C@H]1C[C@@H](CO)N(S(=O)(=O)c2ccccc2-c2ccccc2)C1. The van der Waals surface area contributed by atoms with Gasteiger partial charge < -0.3 is 9.84 Å². The van der Waals surface area contributed by atoms with Crippen molar-refractivity contribution < 1.29 is 18.3 Å². The first kappa shape index (κ1) is 17.1. The number of sulfonamides is 1. The zero-order chi connectivity index (χ0) is 17.2. The van der Waals surface area contributed by atoms with Gasteiger partial charge in [0.25, 0.3) is 0 Å². The van der Waals surface area contributed by atoms with Gasteiger partial charge in [-0.1, -0.05) is 48.5 Å². The second-order valence-electron chi connectivity index (χ2n) is 5.87. The highest BCUT2D eigenvalue weighted by atomic mass is 32.2. The summed E-state index contributed by atoms with van der Waals surface area (Å²) in [5, 5.41) is 9.58. The molecule has 1 aliphatic heterocycles. The number of methoxy groups -OCH3 is 1. The summed E-state index contributed by atoms with van der Waals surface area (Å²) in [6, 6.07) is 15.9. The number of hydrogen-bond acceptors (Lipinski definition) is 4. The van der Waals surface area contributed by atoms with E-state index >= 15 is 0 Å². The third-order valence-electron chi connectivity index (χ3n) is 4.43. The molecule has 0 bridgehead atoms. The summed E-state index contributed by atoms with van der Waals surface area (Å²) in [4.78, 5) is 0.256. The first-order valence-corrected chi connectivity index (χ1v) is 9.32. The molecule has 2 aromatic rings. The molecule has 0 radical (unpaired) electrons. The number of aliphatic hydroxyl groups excluding tert-OH is 1. The molecule has 2 aromatic carbocycles. The number of rotatable bonds is 5. The summed E-state index contributed by atoms with van der Waals surface area (Å²) < 4.78 is 33.1. The Balaban J connectivity index is 2.05. The highest BCUT2D eigenvalue weighted by Crippen LogP contribution is 2.33. The second kappa shape index (κ2) is 7.03. The van der Waals surface area contributed by atoms with Gasteiger partial charge in [0.05, 0.1) is 23.6 Å². The van der Waals surface area contributed by atoms with E-state index in [1.165, 1.54) is 4.31 Å². The Labute approximate surface area is 142 Å². The molecule has 2 atom stereocenters. The maximum absolute atomic E-state index is 13.2. The van der Waals surface area contributed by atoms with Crippen molar-refractivity contribution in [3.8, 4) is 11.1 Å². The van der Waals surface area contributed by atoms with Crippen molar-refractivity contribution in [3.63, 3.8) is 0 Å². The molecular weight excluding hydrogens is 326 g/mol. The van der Waals surface area contributed by atoms with E-state index in [9.17, 15) is 13.5 Å². The van der Waals surface area contributed by atoms with E-state index in [-0.39, 0.29) is 24.2 Å². The van der Waals surface area contributed by atoms with Gasteiger partial charge in [-0.15, -0.1) is 0 Å². The van der Waals surface area contributed by atoms with E-state index in [4.69, 9.17) is 4.74 Å². The van der Waals surface area contributed by atoms with Crippen LogP contribution < -0.4 is 0 Å². The van der Waals surface area contributed by atoms with Crippen molar-refractivity contribution >= 4 is 10.0 Å². The third kappa shape index (κ3) is 3.10. The lowest BCUT2D eigenvalue weighted by atomic mass is 10.1. The highest BCUT2D eigenvalue weighted by Gasteiger charge is 2.40. The standard InChI is InChI=1S/C18H21NO4S/c1-23-16-11-15(13-20)19(12-16)24(21,22)18-10-6-5-9-17(18)14-7-3-2-4-8-14/h2-10,15-16,20H,11-13H2,1H3/t15-,16-/m0/s1. The predicted molar refractivity (Wildman–Crippen MR) is 92.1 cm³/mol. The molecule has 6 heteroatoms. The minimum atomic E-state index is -3.73. The van der Waals surface area contributed by atoms with Gasteiger partial charge >= 0.3 is 0 Å². The Kier molecular flexibility index (Phi) is 5.01. The van der Waals surface area contributed by atoms with Crippen LogP contribution in [0.25, 0.3) is 11.1 Å². The van der Waals surface area contributed by atoms with Crippen LogP contribution in [0.4, 0.5) is 0 Å². The molecule has 3 rings (SSSR count). The van der Waals surface area contributed by atoms with Gasteiger partial charge in [-0.2, -0.15) is 4.31 Å². The van der Waals surface area contributed by atoms with Crippen molar-refractivity contribution in [1.29, 1.82) is 0 Å². The van der Waals surface area contributed by atoms with Gasteiger partial charge in [0.15, 0.2) is 0 Å². The van der Waals surface area contributed by atoms with Crippen LogP contribution in [0.2, 0.25) is 0 Å². The summed E-state index contributed by atoms with van der Waals surface area (Å²) >= 11 is 0. The molecule has 0 aromatic heterocycles. The van der Waals surface area contributed by atoms with Crippen LogP contribution in [0.1, 0.15) is 6.42 Å². The largest absolute Gasteiger partial charge is 0.395 e. The average molecular weight is 347 g/mol. The molecule has 24 heavy (non-hydrogen) atoms. The molecule has 0 saturated carbocycles. The molecule has 5 nitrogen and oxygen atoms in total. The van der Waals surface area contributed by atoms with Gasteiger partial charge in [0, 0.05) is 19.2 Å². The number of benzene rings is 2. The molecule has 128 valence electrons. The maximum Gasteiger partial charge on any atom is 0.244 e. The molecule has 1 fully saturated rings. The van der Waals surface area contributed by atoms with Crippen molar-refractivity contribution in [3.05, 3.63) is 54.6 Å². The number of nitrogens with zero attached hydrogens (tertiary/aromatic N) is 1. The zero-order valence-corrected chi connectivity index (χ0v) is 14.3. The van der Waals surface area contributed by atoms with E-state index in [0.29, 0.717) is 12.0 Å². The molecule has 1 saturated heterocycles. The first-order chi connectivity index (χ1) is 11.6. The molecule has 0 spiro atoms. The van der Waals surface area contributed by atoms with E-state index in [1.807, 2.05) is 36.4 Å². The molecule has 1 heterocycles. The lowest BCUT2D eigenvalue weighted by Crippen LogP contribution is -2.38. The normalized spacial score (nSPS) is 21.9. The third-order valence-corrected chi connectivity index (χ3v) is 6.40. The smallest absolute Gasteiger partial charge is 0.244 e. The fraction of sp³-hybridized carbons (Fsp3) is 0.333. The minimum Gasteiger partial charge on any atom is -0.395 e. The van der Waals surface area contributed by atoms with Crippen molar-refractivity contribution in [2.45, 2.75) is 23.5 Å². The summed E-state index contributed by atoms with van der Waals surface area (Å²) in [5.74, 6) is 0. The lowest BCUT2D eigenvalue weighted by Gasteiger charge is -2.23. The molecule has 0 amide bonds. The Hall–Kier alpha value is -1.73. The summed E-state index contributed by atoms with van der Waals surface area (Å²) in [6.45, 7) is 0.0414. The number of hydrogen-bond donors (Lipinski definition) is 1. The number of aliphatic hydroxyl groups is 1. The Bertz CT molecular complexity index is 792. The number of ether oxygens (including phenoxy) is 1. The fourth-order valence-electron chi connectivity index (χ4n) is 3.15. The average Bonchev–Trinajstić information content (AvgIpc) is 3.07. The van der Waals surface area contributed by atoms with Crippen LogP contribution in [0.15, 0.2) is 59.5 Å². The van der Waals surface area contributed by atoms with E-state index in [1.54, 1.807) is 25.3 Å². The zero-order valence-electron chi connectivity index (χ0n) is 13.5. The predicted octanol–water partition coefficient (Wildman–Crippen LogP) is 2.12. The molecule has 1 N–H and O–H groups in total. The molecular formula is C18H21NO4S. The molecule has 0 unspecified atom stereocenters. The monoisotopic (exact) mass is 347 g/mol. The van der Waals surface area contributed by atoms with Crippen molar-refractivity contribution in [2.24, 2.45) is 0 Å². The van der Waals surface area contributed by atoms with Crippen molar-refractivity contribution in [1.82, 2.24) is 4.31 Å². The maximum atomic E-state index is 13.2. The fourth-order valence-corrected chi connectivity index (χ4v) is 5.02. The van der Waals surface area contributed by atoms with Gasteiger partial charge in [-0.25, -0.2) is 8.42 Å². The van der Waals surface area contributed by atoms with Gasteiger partial charge in [0.1, 0.15) is 0 Å². The van der Waals surface area contributed by atoms with E-state index < -0.39 is 16.1 Å². The summed E-state index contributed by atoms with van der Waals surface area (Å²) in [6.07, 6.45) is 0.306. The second-order valence-corrected chi connectivity index (χ2v) is 7.73. The van der Waals surface area contributed by atoms with Crippen LogP contribution in [0, 0.1) is 0 Å². The van der Waals surface area contributed by atoms with Crippen LogP contribution in [-0.2, 0) is 14.8 Å². The minimum absolute atomic E-state index is 0.194. The topological polar surface area (TPSA) is 66.8 Å². The van der Waals surface area contributed by atoms with Gasteiger partial charge in [0.2, 0.25) is 10.0 Å². The van der Waals surface area contributed by atoms with Gasteiger partial charge in [-0.05, 0) is 18.1 Å². The Morgan fingerprint density at radius 1 is 1.12 bits per heavy atom. The Morgan fingerprint density at radius 2 is 1.79 bits per heavy atom. The summed E-state index contributed by atoms with van der Waals surface area (Å²) in [7, 11) is -2.17. The van der Waals surface area contributed by atoms with Gasteiger partial charge in [-0.3, -0.25) is 0 Å². The first-order valence-electron chi connectivity index (χ1n) is 7.88. The molecule has 1 aliphatic rings. The molecule has 0 aliphatic carbocycles. The summed E-state index contributed by atoms with van der Waals surface area (Å²) in [5.41, 5.74) is 1.51. The lowest BCUT2D eigenvalue weighted by molar-refractivity contribution is 0.113. The van der Waals surface area contributed by atoms with Crippen LogP contribution in [0.3, 0.4) is 0 Å². The van der Waals surface area contributed by atoms with Crippen molar-refractivity contribution in [2.75, 3.05) is 20.3 Å². The van der Waals surface area contributed by atoms with Crippen LogP contribution in [0.5, 0.6) is 0 Å². The quantitative estimate of drug-likeness (QED) is 0.900.